The van der Waals surface area contributed by atoms with E-state index in [2.05, 4.69) is 28.2 Å². The molecule has 1 N–H and O–H groups in total. The Bertz CT molecular complexity index is 821. The van der Waals surface area contributed by atoms with E-state index in [1.165, 1.54) is 5.69 Å². The van der Waals surface area contributed by atoms with Gasteiger partial charge in [-0.25, -0.2) is 0 Å². The van der Waals surface area contributed by atoms with Crippen molar-refractivity contribution in [2.45, 2.75) is 6.92 Å². The lowest BCUT2D eigenvalue weighted by Crippen LogP contribution is -2.44. The average molecular weight is 408 g/mol. The summed E-state index contributed by atoms with van der Waals surface area (Å²) in [7, 11) is 2.14. The van der Waals surface area contributed by atoms with Crippen molar-refractivity contribution in [1.82, 2.24) is 4.90 Å². The molecule has 0 saturated carbocycles. The SMILES string of the molecule is Cc1cc(N2CCN(C)CC2)ccc1NC(=O)COc1ccc(Cl)c(Cl)c1. The third kappa shape index (κ3) is 5.28. The minimum absolute atomic E-state index is 0.0996. The Morgan fingerprint density at radius 3 is 2.48 bits per heavy atom. The van der Waals surface area contributed by atoms with Crippen LogP contribution in [0.2, 0.25) is 10.0 Å². The van der Waals surface area contributed by atoms with Gasteiger partial charge >= 0.3 is 0 Å². The van der Waals surface area contributed by atoms with Gasteiger partial charge < -0.3 is 19.9 Å². The Morgan fingerprint density at radius 1 is 1.07 bits per heavy atom. The lowest BCUT2D eigenvalue weighted by Gasteiger charge is -2.34. The van der Waals surface area contributed by atoms with Crippen molar-refractivity contribution < 1.29 is 9.53 Å². The first-order valence-electron chi connectivity index (χ1n) is 8.84. The van der Waals surface area contributed by atoms with Crippen molar-refractivity contribution in [3.05, 3.63) is 52.0 Å². The van der Waals surface area contributed by atoms with E-state index >= 15 is 0 Å². The van der Waals surface area contributed by atoms with Crippen molar-refractivity contribution >= 4 is 40.5 Å². The third-order valence-corrected chi connectivity index (χ3v) is 5.35. The standard InChI is InChI=1S/C20H23Cl2N3O2/c1-14-11-15(25-9-7-24(2)8-10-25)3-6-19(14)23-20(26)13-27-16-4-5-17(21)18(22)12-16/h3-6,11-12H,7-10,13H2,1-2H3,(H,23,26). The van der Waals surface area contributed by atoms with E-state index in [1.54, 1.807) is 18.2 Å². The molecule has 1 saturated heterocycles. The normalized spacial score (nSPS) is 14.9. The highest BCUT2D eigenvalue weighted by Gasteiger charge is 2.15. The molecule has 2 aromatic rings. The lowest BCUT2D eigenvalue weighted by atomic mass is 10.1. The van der Waals surface area contributed by atoms with Crippen LogP contribution in [0.1, 0.15) is 5.56 Å². The molecule has 0 radical (unpaired) electrons. The number of rotatable bonds is 5. The summed E-state index contributed by atoms with van der Waals surface area (Å²) in [6.07, 6.45) is 0. The summed E-state index contributed by atoms with van der Waals surface area (Å²) in [6.45, 7) is 6.04. The van der Waals surface area contributed by atoms with E-state index < -0.39 is 0 Å². The van der Waals surface area contributed by atoms with Gasteiger partial charge in [-0.3, -0.25) is 4.79 Å². The van der Waals surface area contributed by atoms with Crippen LogP contribution in [0.3, 0.4) is 0 Å². The summed E-state index contributed by atoms with van der Waals surface area (Å²) in [6, 6.07) is 11.0. The number of aryl methyl sites for hydroxylation is 1. The number of piperazine rings is 1. The Hall–Kier alpha value is -1.95. The zero-order chi connectivity index (χ0) is 19.4. The van der Waals surface area contributed by atoms with E-state index in [1.807, 2.05) is 19.1 Å². The van der Waals surface area contributed by atoms with E-state index in [-0.39, 0.29) is 12.5 Å². The number of anilines is 2. The molecule has 1 fully saturated rings. The van der Waals surface area contributed by atoms with Gasteiger partial charge in [-0.05, 0) is 49.9 Å². The molecule has 0 aliphatic carbocycles. The monoisotopic (exact) mass is 407 g/mol. The van der Waals surface area contributed by atoms with Crippen molar-refractivity contribution in [3.63, 3.8) is 0 Å². The van der Waals surface area contributed by atoms with Crippen LogP contribution in [0.25, 0.3) is 0 Å². The molecule has 144 valence electrons. The number of hydrogen-bond donors (Lipinski definition) is 1. The van der Waals surface area contributed by atoms with Gasteiger partial charge in [0.05, 0.1) is 10.0 Å². The molecule has 0 unspecified atom stereocenters. The fraction of sp³-hybridized carbons (Fsp3) is 0.350. The third-order valence-electron chi connectivity index (χ3n) is 4.61. The highest BCUT2D eigenvalue weighted by atomic mass is 35.5. The largest absolute Gasteiger partial charge is 0.484 e. The van der Waals surface area contributed by atoms with Crippen molar-refractivity contribution in [1.29, 1.82) is 0 Å². The second-order valence-electron chi connectivity index (χ2n) is 6.70. The lowest BCUT2D eigenvalue weighted by molar-refractivity contribution is -0.118. The van der Waals surface area contributed by atoms with Gasteiger partial charge in [-0.2, -0.15) is 0 Å². The number of halogens is 2. The number of ether oxygens (including phenoxy) is 1. The Kier molecular flexibility index (Phi) is 6.47. The summed E-state index contributed by atoms with van der Waals surface area (Å²) in [5, 5.41) is 3.74. The van der Waals surface area contributed by atoms with Gasteiger partial charge in [0, 0.05) is 43.6 Å². The fourth-order valence-corrected chi connectivity index (χ4v) is 3.24. The molecule has 1 amide bonds. The fourth-order valence-electron chi connectivity index (χ4n) is 2.95. The molecule has 2 aromatic carbocycles. The second kappa shape index (κ2) is 8.83. The van der Waals surface area contributed by atoms with Crippen LogP contribution in [-0.4, -0.2) is 50.6 Å². The molecule has 0 spiro atoms. The van der Waals surface area contributed by atoms with Crippen LogP contribution in [0, 0.1) is 6.92 Å². The summed E-state index contributed by atoms with van der Waals surface area (Å²) in [5.74, 6) is 0.276. The zero-order valence-electron chi connectivity index (χ0n) is 15.5. The molecule has 1 heterocycles. The molecule has 3 rings (SSSR count). The smallest absolute Gasteiger partial charge is 0.262 e. The van der Waals surface area contributed by atoms with Crippen molar-refractivity contribution in [2.75, 3.05) is 50.1 Å². The predicted molar refractivity (Wildman–Crippen MR) is 111 cm³/mol. The van der Waals surface area contributed by atoms with Crippen LogP contribution in [-0.2, 0) is 4.79 Å². The molecule has 0 bridgehead atoms. The van der Waals surface area contributed by atoms with Gasteiger partial charge in [-0.1, -0.05) is 23.2 Å². The molecule has 1 aliphatic rings. The molecule has 1 aliphatic heterocycles. The molecule has 5 nitrogen and oxygen atoms in total. The molecule has 7 heteroatoms. The Morgan fingerprint density at radius 2 is 1.81 bits per heavy atom. The number of nitrogens with zero attached hydrogens (tertiary/aromatic N) is 2. The van der Waals surface area contributed by atoms with Gasteiger partial charge in [-0.15, -0.1) is 0 Å². The highest BCUT2D eigenvalue weighted by Crippen LogP contribution is 2.26. The van der Waals surface area contributed by atoms with Crippen LogP contribution in [0.15, 0.2) is 36.4 Å². The Balaban J connectivity index is 1.56. The quantitative estimate of drug-likeness (QED) is 0.810. The maximum absolute atomic E-state index is 12.2. The summed E-state index contributed by atoms with van der Waals surface area (Å²) >= 11 is 11.8. The second-order valence-corrected chi connectivity index (χ2v) is 7.52. The number of likely N-dealkylation sites (N-methyl/N-ethyl adjacent to an activating group) is 1. The topological polar surface area (TPSA) is 44.8 Å². The average Bonchev–Trinajstić information content (AvgIpc) is 2.65. The summed E-state index contributed by atoms with van der Waals surface area (Å²) < 4.78 is 5.48. The first-order valence-corrected chi connectivity index (χ1v) is 9.60. The number of nitrogens with one attached hydrogen (secondary N) is 1. The minimum Gasteiger partial charge on any atom is -0.484 e. The molecule has 27 heavy (non-hydrogen) atoms. The van der Waals surface area contributed by atoms with Gasteiger partial charge in [0.1, 0.15) is 5.75 Å². The van der Waals surface area contributed by atoms with Crippen molar-refractivity contribution in [2.24, 2.45) is 0 Å². The maximum atomic E-state index is 12.2. The minimum atomic E-state index is -0.225. The summed E-state index contributed by atoms with van der Waals surface area (Å²) in [5.41, 5.74) is 3.00. The Labute approximate surface area is 169 Å². The molecule has 0 aromatic heterocycles. The van der Waals surface area contributed by atoms with E-state index in [0.717, 1.165) is 37.4 Å². The van der Waals surface area contributed by atoms with Gasteiger partial charge in [0.2, 0.25) is 0 Å². The maximum Gasteiger partial charge on any atom is 0.262 e. The molecular weight excluding hydrogens is 385 g/mol. The number of hydrogen-bond acceptors (Lipinski definition) is 4. The van der Waals surface area contributed by atoms with Crippen molar-refractivity contribution in [3.8, 4) is 5.75 Å². The van der Waals surface area contributed by atoms with E-state index in [9.17, 15) is 4.79 Å². The first-order chi connectivity index (χ1) is 12.9. The highest BCUT2D eigenvalue weighted by molar-refractivity contribution is 6.42. The predicted octanol–water partition coefficient (Wildman–Crippen LogP) is 4.07. The number of carbonyl (C=O) groups excluding carboxylic acids is 1. The van der Waals surface area contributed by atoms with Crippen LogP contribution in [0.5, 0.6) is 5.75 Å². The van der Waals surface area contributed by atoms with E-state index in [4.69, 9.17) is 27.9 Å². The first kappa shape index (κ1) is 19.8. The number of amides is 1. The van der Waals surface area contributed by atoms with Crippen LogP contribution >= 0.6 is 23.2 Å². The number of carbonyl (C=O) groups is 1. The summed E-state index contributed by atoms with van der Waals surface area (Å²) in [4.78, 5) is 16.9. The van der Waals surface area contributed by atoms with Crippen LogP contribution < -0.4 is 15.0 Å². The molecular formula is C20H23Cl2N3O2. The van der Waals surface area contributed by atoms with Crippen LogP contribution in [0.4, 0.5) is 11.4 Å². The van der Waals surface area contributed by atoms with Gasteiger partial charge in [0.15, 0.2) is 6.61 Å². The number of benzene rings is 2. The van der Waals surface area contributed by atoms with E-state index in [0.29, 0.717) is 15.8 Å². The molecule has 0 atom stereocenters. The zero-order valence-corrected chi connectivity index (χ0v) is 17.0. The van der Waals surface area contributed by atoms with Gasteiger partial charge in [0.25, 0.3) is 5.91 Å².